The van der Waals surface area contributed by atoms with Crippen molar-refractivity contribution in [3.8, 4) is 0 Å². The van der Waals surface area contributed by atoms with Crippen LogP contribution in [0.25, 0.3) is 10.9 Å². The Labute approximate surface area is 112 Å². The largest absolute Gasteiger partial charge is 0.359 e. The number of nitrogens with one attached hydrogen (secondary N) is 2. The summed E-state index contributed by atoms with van der Waals surface area (Å²) in [5.41, 5.74) is 3.42. The maximum Gasteiger partial charge on any atom is 0.317 e. The van der Waals surface area contributed by atoms with Gasteiger partial charge in [-0.3, -0.25) is 0 Å². The van der Waals surface area contributed by atoms with Gasteiger partial charge in [0.05, 0.1) is 0 Å². The normalized spacial score (nSPS) is 15.1. The molecule has 1 fully saturated rings. The van der Waals surface area contributed by atoms with Crippen LogP contribution in [0.1, 0.15) is 24.1 Å². The Bertz CT molecular complexity index is 596. The van der Waals surface area contributed by atoms with E-state index in [4.69, 9.17) is 0 Å². The number of likely N-dealkylation sites (tertiary alicyclic amines) is 1. The SMILES string of the molecule is Cc1cc2ccc(CNC(=O)N3CCCC3)cc2[nH]1. The van der Waals surface area contributed by atoms with Crippen molar-refractivity contribution in [2.45, 2.75) is 26.3 Å². The fourth-order valence-corrected chi connectivity index (χ4v) is 2.64. The van der Waals surface area contributed by atoms with E-state index in [9.17, 15) is 4.79 Å². The molecule has 0 aliphatic carbocycles. The van der Waals surface area contributed by atoms with E-state index in [0.717, 1.165) is 42.7 Å². The van der Waals surface area contributed by atoms with Gasteiger partial charge >= 0.3 is 6.03 Å². The number of aromatic amines is 1. The molecule has 2 aromatic rings. The molecule has 2 heterocycles. The highest BCUT2D eigenvalue weighted by atomic mass is 16.2. The van der Waals surface area contributed by atoms with Crippen molar-refractivity contribution in [1.29, 1.82) is 0 Å². The first-order valence-electron chi connectivity index (χ1n) is 6.83. The number of nitrogens with zero attached hydrogens (tertiary/aromatic N) is 1. The van der Waals surface area contributed by atoms with E-state index in [1.807, 2.05) is 4.90 Å². The number of carbonyl (C=O) groups excluding carboxylic acids is 1. The summed E-state index contributed by atoms with van der Waals surface area (Å²) in [7, 11) is 0. The summed E-state index contributed by atoms with van der Waals surface area (Å²) >= 11 is 0. The molecule has 2 N–H and O–H groups in total. The van der Waals surface area contributed by atoms with E-state index in [2.05, 4.69) is 41.5 Å². The van der Waals surface area contributed by atoms with E-state index in [1.165, 1.54) is 5.39 Å². The van der Waals surface area contributed by atoms with Crippen LogP contribution in [0.5, 0.6) is 0 Å². The molecule has 3 rings (SSSR count). The van der Waals surface area contributed by atoms with Crippen LogP contribution >= 0.6 is 0 Å². The highest BCUT2D eigenvalue weighted by molar-refractivity contribution is 5.81. The molecule has 19 heavy (non-hydrogen) atoms. The molecule has 1 saturated heterocycles. The van der Waals surface area contributed by atoms with Crippen LogP contribution in [0.15, 0.2) is 24.3 Å². The summed E-state index contributed by atoms with van der Waals surface area (Å²) in [6.45, 7) is 4.42. The second kappa shape index (κ2) is 4.96. The van der Waals surface area contributed by atoms with Crippen molar-refractivity contribution in [1.82, 2.24) is 15.2 Å². The molecular formula is C15H19N3O. The Morgan fingerprint density at radius 2 is 2.11 bits per heavy atom. The summed E-state index contributed by atoms with van der Waals surface area (Å²) in [4.78, 5) is 17.1. The number of carbonyl (C=O) groups is 1. The van der Waals surface area contributed by atoms with Crippen LogP contribution in [0, 0.1) is 6.92 Å². The molecule has 1 aliphatic heterocycles. The minimum atomic E-state index is 0.0558. The van der Waals surface area contributed by atoms with Crippen molar-refractivity contribution in [2.24, 2.45) is 0 Å². The number of urea groups is 1. The molecule has 0 atom stereocenters. The lowest BCUT2D eigenvalue weighted by atomic mass is 10.1. The summed E-state index contributed by atoms with van der Waals surface area (Å²) in [5, 5.41) is 4.20. The lowest BCUT2D eigenvalue weighted by Crippen LogP contribution is -2.37. The number of aryl methyl sites for hydroxylation is 1. The number of amides is 2. The lowest BCUT2D eigenvalue weighted by Gasteiger charge is -2.16. The van der Waals surface area contributed by atoms with Crippen molar-refractivity contribution in [2.75, 3.05) is 13.1 Å². The fraction of sp³-hybridized carbons (Fsp3) is 0.400. The predicted molar refractivity (Wildman–Crippen MR) is 76.1 cm³/mol. The van der Waals surface area contributed by atoms with E-state index in [1.54, 1.807) is 0 Å². The zero-order valence-electron chi connectivity index (χ0n) is 11.2. The van der Waals surface area contributed by atoms with Gasteiger partial charge in [-0.1, -0.05) is 12.1 Å². The van der Waals surface area contributed by atoms with Crippen molar-refractivity contribution >= 4 is 16.9 Å². The van der Waals surface area contributed by atoms with Gasteiger partial charge in [0.2, 0.25) is 0 Å². The monoisotopic (exact) mass is 257 g/mol. The predicted octanol–water partition coefficient (Wildman–Crippen LogP) is 2.78. The Hall–Kier alpha value is -1.97. The summed E-state index contributed by atoms with van der Waals surface area (Å²) < 4.78 is 0. The molecule has 1 aliphatic rings. The van der Waals surface area contributed by atoms with Crippen LogP contribution in [0.4, 0.5) is 4.79 Å². The molecule has 1 aromatic carbocycles. The summed E-state index contributed by atoms with van der Waals surface area (Å²) in [5.74, 6) is 0. The van der Waals surface area contributed by atoms with Crippen LogP contribution in [0.2, 0.25) is 0 Å². The van der Waals surface area contributed by atoms with E-state index in [0.29, 0.717) is 6.54 Å². The van der Waals surface area contributed by atoms with E-state index in [-0.39, 0.29) is 6.03 Å². The van der Waals surface area contributed by atoms with Crippen LogP contribution in [-0.4, -0.2) is 29.0 Å². The average molecular weight is 257 g/mol. The van der Waals surface area contributed by atoms with Crippen LogP contribution < -0.4 is 5.32 Å². The van der Waals surface area contributed by atoms with Gasteiger partial charge in [0.25, 0.3) is 0 Å². The Morgan fingerprint density at radius 3 is 2.89 bits per heavy atom. The average Bonchev–Trinajstić information content (AvgIpc) is 3.03. The number of hydrogen-bond acceptors (Lipinski definition) is 1. The minimum Gasteiger partial charge on any atom is -0.359 e. The second-order valence-electron chi connectivity index (χ2n) is 5.23. The van der Waals surface area contributed by atoms with Gasteiger partial charge in [-0.15, -0.1) is 0 Å². The molecular weight excluding hydrogens is 238 g/mol. The standard InChI is InChI=1S/C15H19N3O/c1-11-8-13-5-4-12(9-14(13)17-11)10-16-15(19)18-6-2-3-7-18/h4-5,8-9,17H,2-3,6-7,10H2,1H3,(H,16,19). The number of fused-ring (bicyclic) bond motifs is 1. The van der Waals surface area contributed by atoms with Gasteiger partial charge in [-0.05, 0) is 42.8 Å². The highest BCUT2D eigenvalue weighted by Crippen LogP contribution is 2.16. The van der Waals surface area contributed by atoms with Gasteiger partial charge in [0.15, 0.2) is 0 Å². The zero-order chi connectivity index (χ0) is 13.2. The van der Waals surface area contributed by atoms with E-state index < -0.39 is 0 Å². The van der Waals surface area contributed by atoms with Crippen molar-refractivity contribution in [3.05, 3.63) is 35.5 Å². The molecule has 100 valence electrons. The minimum absolute atomic E-state index is 0.0558. The molecule has 2 amide bonds. The molecule has 0 unspecified atom stereocenters. The third-order valence-electron chi connectivity index (χ3n) is 3.66. The smallest absolute Gasteiger partial charge is 0.317 e. The molecule has 4 nitrogen and oxygen atoms in total. The number of rotatable bonds is 2. The van der Waals surface area contributed by atoms with Gasteiger partial charge < -0.3 is 15.2 Å². The first-order chi connectivity index (χ1) is 9.22. The van der Waals surface area contributed by atoms with Crippen molar-refractivity contribution < 1.29 is 4.79 Å². The second-order valence-corrected chi connectivity index (χ2v) is 5.23. The summed E-state index contributed by atoms with van der Waals surface area (Å²) in [6.07, 6.45) is 2.25. The Balaban J connectivity index is 1.65. The number of H-pyrrole nitrogens is 1. The first kappa shape index (κ1) is 12.1. The van der Waals surface area contributed by atoms with Gasteiger partial charge in [-0.2, -0.15) is 0 Å². The van der Waals surface area contributed by atoms with Crippen LogP contribution in [-0.2, 0) is 6.54 Å². The number of hydrogen-bond donors (Lipinski definition) is 2. The topological polar surface area (TPSA) is 48.1 Å². The van der Waals surface area contributed by atoms with Gasteiger partial charge in [0.1, 0.15) is 0 Å². The van der Waals surface area contributed by atoms with Crippen molar-refractivity contribution in [3.63, 3.8) is 0 Å². The van der Waals surface area contributed by atoms with Crippen LogP contribution in [0.3, 0.4) is 0 Å². The third-order valence-corrected chi connectivity index (χ3v) is 3.66. The van der Waals surface area contributed by atoms with Gasteiger partial charge in [0, 0.05) is 30.8 Å². The molecule has 0 bridgehead atoms. The molecule has 4 heteroatoms. The lowest BCUT2D eigenvalue weighted by molar-refractivity contribution is 0.208. The third kappa shape index (κ3) is 2.57. The zero-order valence-corrected chi connectivity index (χ0v) is 11.2. The van der Waals surface area contributed by atoms with Gasteiger partial charge in [-0.25, -0.2) is 4.79 Å². The fourth-order valence-electron chi connectivity index (χ4n) is 2.64. The Morgan fingerprint density at radius 1 is 1.32 bits per heavy atom. The maximum atomic E-state index is 11.9. The molecule has 0 saturated carbocycles. The molecule has 0 spiro atoms. The highest BCUT2D eigenvalue weighted by Gasteiger charge is 2.17. The number of benzene rings is 1. The number of aromatic nitrogens is 1. The maximum absolute atomic E-state index is 11.9. The molecule has 1 aromatic heterocycles. The quantitative estimate of drug-likeness (QED) is 0.854. The Kier molecular flexibility index (Phi) is 3.15. The first-order valence-corrected chi connectivity index (χ1v) is 6.83. The molecule has 0 radical (unpaired) electrons. The van der Waals surface area contributed by atoms with E-state index >= 15 is 0 Å². The summed E-state index contributed by atoms with van der Waals surface area (Å²) in [6, 6.07) is 8.45.